The van der Waals surface area contributed by atoms with Gasteiger partial charge in [0, 0.05) is 5.69 Å². The standard InChI is InChI=1S/C20H21F2NO4/c1-20(2,3)14-6-8-15(9-7-14)23-17(24)12-26-18(25)13-4-10-16(11-5-13)27-19(21)22/h4-11,19H,12H2,1-3H3,(H,23,24). The lowest BCUT2D eigenvalue weighted by Crippen LogP contribution is -2.21. The number of hydrogen-bond donors (Lipinski definition) is 1. The van der Waals surface area contributed by atoms with E-state index < -0.39 is 25.1 Å². The number of carbonyl (C=O) groups is 2. The molecule has 0 heterocycles. The van der Waals surface area contributed by atoms with E-state index in [9.17, 15) is 18.4 Å². The normalized spacial score (nSPS) is 11.2. The fraction of sp³-hybridized carbons (Fsp3) is 0.300. The molecule has 7 heteroatoms. The molecule has 0 bridgehead atoms. The molecule has 144 valence electrons. The van der Waals surface area contributed by atoms with Crippen molar-refractivity contribution in [2.45, 2.75) is 32.8 Å². The molecule has 1 amide bonds. The summed E-state index contributed by atoms with van der Waals surface area (Å²) in [6, 6.07) is 12.4. The topological polar surface area (TPSA) is 64.6 Å². The highest BCUT2D eigenvalue weighted by molar-refractivity contribution is 5.95. The Morgan fingerprint density at radius 1 is 1.00 bits per heavy atom. The van der Waals surface area contributed by atoms with Gasteiger partial charge in [-0.1, -0.05) is 32.9 Å². The van der Waals surface area contributed by atoms with Crippen LogP contribution >= 0.6 is 0 Å². The number of amides is 1. The third kappa shape index (κ3) is 6.36. The Labute approximate surface area is 156 Å². The molecule has 2 aromatic rings. The van der Waals surface area contributed by atoms with Crippen LogP contribution in [0, 0.1) is 0 Å². The highest BCUT2D eigenvalue weighted by Crippen LogP contribution is 2.23. The summed E-state index contributed by atoms with van der Waals surface area (Å²) < 4.78 is 33.3. The zero-order valence-electron chi connectivity index (χ0n) is 15.3. The first kappa shape index (κ1) is 20.4. The SMILES string of the molecule is CC(C)(C)c1ccc(NC(=O)COC(=O)c2ccc(OC(F)F)cc2)cc1. The largest absolute Gasteiger partial charge is 0.452 e. The van der Waals surface area contributed by atoms with Crippen molar-refractivity contribution in [1.29, 1.82) is 0 Å². The molecular formula is C20H21F2NO4. The van der Waals surface area contributed by atoms with Crippen LogP contribution in [0.4, 0.5) is 14.5 Å². The molecular weight excluding hydrogens is 356 g/mol. The Hall–Kier alpha value is -2.96. The predicted molar refractivity (Wildman–Crippen MR) is 97.1 cm³/mol. The molecule has 0 saturated carbocycles. The third-order valence-corrected chi connectivity index (χ3v) is 3.68. The lowest BCUT2D eigenvalue weighted by molar-refractivity contribution is -0.119. The van der Waals surface area contributed by atoms with Crippen LogP contribution in [0.15, 0.2) is 48.5 Å². The zero-order valence-corrected chi connectivity index (χ0v) is 15.3. The number of alkyl halides is 2. The van der Waals surface area contributed by atoms with Crippen LogP contribution in [-0.2, 0) is 14.9 Å². The molecule has 0 fully saturated rings. The van der Waals surface area contributed by atoms with Gasteiger partial charge in [0.25, 0.3) is 5.91 Å². The first-order chi connectivity index (χ1) is 12.6. The first-order valence-electron chi connectivity index (χ1n) is 8.27. The van der Waals surface area contributed by atoms with E-state index in [-0.39, 0.29) is 16.7 Å². The minimum atomic E-state index is -2.94. The van der Waals surface area contributed by atoms with Gasteiger partial charge in [0.15, 0.2) is 6.61 Å². The molecule has 0 aromatic heterocycles. The average molecular weight is 377 g/mol. The van der Waals surface area contributed by atoms with Crippen molar-refractivity contribution in [3.63, 3.8) is 0 Å². The number of ether oxygens (including phenoxy) is 2. The zero-order chi connectivity index (χ0) is 20.0. The van der Waals surface area contributed by atoms with Crippen LogP contribution in [0.25, 0.3) is 0 Å². The summed E-state index contributed by atoms with van der Waals surface area (Å²) in [5, 5.41) is 2.64. The number of esters is 1. The van der Waals surface area contributed by atoms with Crippen molar-refractivity contribution in [1.82, 2.24) is 0 Å². The number of nitrogens with one attached hydrogen (secondary N) is 1. The monoisotopic (exact) mass is 377 g/mol. The van der Waals surface area contributed by atoms with Crippen molar-refractivity contribution in [3.05, 3.63) is 59.7 Å². The van der Waals surface area contributed by atoms with E-state index in [1.165, 1.54) is 24.3 Å². The lowest BCUT2D eigenvalue weighted by atomic mass is 9.87. The Morgan fingerprint density at radius 2 is 1.59 bits per heavy atom. The van der Waals surface area contributed by atoms with Crippen LogP contribution in [-0.4, -0.2) is 25.1 Å². The van der Waals surface area contributed by atoms with Crippen LogP contribution in [0.5, 0.6) is 5.75 Å². The van der Waals surface area contributed by atoms with E-state index in [0.29, 0.717) is 5.69 Å². The fourth-order valence-corrected chi connectivity index (χ4v) is 2.24. The highest BCUT2D eigenvalue weighted by atomic mass is 19.3. The van der Waals surface area contributed by atoms with E-state index in [1.54, 1.807) is 12.1 Å². The Kier molecular flexibility index (Phi) is 6.50. The average Bonchev–Trinajstić information content (AvgIpc) is 2.59. The lowest BCUT2D eigenvalue weighted by Gasteiger charge is -2.19. The number of hydrogen-bond acceptors (Lipinski definition) is 4. The Morgan fingerprint density at radius 3 is 2.11 bits per heavy atom. The number of halogens is 2. The maximum atomic E-state index is 12.1. The molecule has 27 heavy (non-hydrogen) atoms. The summed E-state index contributed by atoms with van der Waals surface area (Å²) in [4.78, 5) is 23.8. The van der Waals surface area contributed by atoms with E-state index >= 15 is 0 Å². The third-order valence-electron chi connectivity index (χ3n) is 3.68. The van der Waals surface area contributed by atoms with Crippen molar-refractivity contribution in [2.24, 2.45) is 0 Å². The number of rotatable bonds is 6. The second-order valence-corrected chi connectivity index (χ2v) is 6.85. The molecule has 0 aliphatic heterocycles. The van der Waals surface area contributed by atoms with Crippen LogP contribution in [0.2, 0.25) is 0 Å². The molecule has 2 aromatic carbocycles. The van der Waals surface area contributed by atoms with Gasteiger partial charge in [0.05, 0.1) is 5.56 Å². The van der Waals surface area contributed by atoms with Gasteiger partial charge in [-0.05, 0) is 47.4 Å². The smallest absolute Gasteiger partial charge is 0.387 e. The van der Waals surface area contributed by atoms with Gasteiger partial charge in [-0.2, -0.15) is 8.78 Å². The quantitative estimate of drug-likeness (QED) is 0.759. The minimum absolute atomic E-state index is 0.00791. The van der Waals surface area contributed by atoms with Crippen LogP contribution in [0.1, 0.15) is 36.7 Å². The maximum absolute atomic E-state index is 12.1. The van der Waals surface area contributed by atoms with E-state index in [2.05, 4.69) is 30.8 Å². The second-order valence-electron chi connectivity index (χ2n) is 6.85. The molecule has 0 spiro atoms. The Bertz CT molecular complexity index is 781. The van der Waals surface area contributed by atoms with Crippen LogP contribution < -0.4 is 10.1 Å². The van der Waals surface area contributed by atoms with Crippen molar-refractivity contribution in [3.8, 4) is 5.75 Å². The van der Waals surface area contributed by atoms with Gasteiger partial charge >= 0.3 is 12.6 Å². The fourth-order valence-electron chi connectivity index (χ4n) is 2.24. The molecule has 0 saturated heterocycles. The molecule has 0 radical (unpaired) electrons. The predicted octanol–water partition coefficient (Wildman–Crippen LogP) is 4.38. The van der Waals surface area contributed by atoms with Crippen molar-refractivity contribution >= 4 is 17.6 Å². The molecule has 5 nitrogen and oxygen atoms in total. The molecule has 0 atom stereocenters. The second kappa shape index (κ2) is 8.62. The summed E-state index contributed by atoms with van der Waals surface area (Å²) in [7, 11) is 0. The van der Waals surface area contributed by atoms with Gasteiger partial charge in [0.2, 0.25) is 0 Å². The van der Waals surface area contributed by atoms with Crippen molar-refractivity contribution < 1.29 is 27.8 Å². The molecule has 2 rings (SSSR count). The van der Waals surface area contributed by atoms with Gasteiger partial charge in [-0.3, -0.25) is 4.79 Å². The molecule has 0 aliphatic carbocycles. The Balaban J connectivity index is 1.85. The first-order valence-corrected chi connectivity index (χ1v) is 8.27. The van der Waals surface area contributed by atoms with Crippen LogP contribution in [0.3, 0.4) is 0 Å². The van der Waals surface area contributed by atoms with Crippen molar-refractivity contribution in [2.75, 3.05) is 11.9 Å². The number of carbonyl (C=O) groups excluding carboxylic acids is 2. The summed E-state index contributed by atoms with van der Waals surface area (Å²) >= 11 is 0. The summed E-state index contributed by atoms with van der Waals surface area (Å²) in [5.74, 6) is -1.29. The van der Waals surface area contributed by atoms with E-state index in [4.69, 9.17) is 4.74 Å². The summed E-state index contributed by atoms with van der Waals surface area (Å²) in [6.45, 7) is 2.86. The summed E-state index contributed by atoms with van der Waals surface area (Å²) in [6.07, 6.45) is 0. The molecule has 0 aliphatic rings. The van der Waals surface area contributed by atoms with Gasteiger partial charge < -0.3 is 14.8 Å². The minimum Gasteiger partial charge on any atom is -0.452 e. The van der Waals surface area contributed by atoms with Gasteiger partial charge in [-0.25, -0.2) is 4.79 Å². The number of anilines is 1. The van der Waals surface area contributed by atoms with E-state index in [0.717, 1.165) is 5.56 Å². The summed E-state index contributed by atoms with van der Waals surface area (Å²) in [5.41, 5.74) is 1.86. The molecule has 1 N–H and O–H groups in total. The molecule has 0 unspecified atom stereocenters. The highest BCUT2D eigenvalue weighted by Gasteiger charge is 2.14. The van der Waals surface area contributed by atoms with Gasteiger partial charge in [0.1, 0.15) is 5.75 Å². The van der Waals surface area contributed by atoms with Gasteiger partial charge in [-0.15, -0.1) is 0 Å². The number of benzene rings is 2. The van der Waals surface area contributed by atoms with E-state index in [1.807, 2.05) is 12.1 Å². The maximum Gasteiger partial charge on any atom is 0.387 e.